The average Bonchev–Trinajstić information content (AvgIpc) is 2.69. The van der Waals surface area contributed by atoms with E-state index in [0.717, 1.165) is 64.2 Å². The van der Waals surface area contributed by atoms with Crippen LogP contribution in [0.25, 0.3) is 0 Å². The number of ether oxygens (including phenoxy) is 2. The van der Waals surface area contributed by atoms with Crippen molar-refractivity contribution < 1.29 is 9.47 Å². The summed E-state index contributed by atoms with van der Waals surface area (Å²) < 4.78 is 11.5. The van der Waals surface area contributed by atoms with Gasteiger partial charge in [0.1, 0.15) is 12.4 Å². The van der Waals surface area contributed by atoms with Crippen molar-refractivity contribution in [1.29, 1.82) is 0 Å². The van der Waals surface area contributed by atoms with Gasteiger partial charge >= 0.3 is 0 Å². The molecule has 2 unspecified atom stereocenters. The molecule has 0 bridgehead atoms. The molecule has 2 aliphatic rings. The molecule has 164 valence electrons. The predicted octanol–water partition coefficient (Wildman–Crippen LogP) is 3.07. The van der Waals surface area contributed by atoms with Crippen LogP contribution in [0.3, 0.4) is 0 Å². The summed E-state index contributed by atoms with van der Waals surface area (Å²) in [6, 6.07) is 8.30. The van der Waals surface area contributed by atoms with E-state index in [0.29, 0.717) is 18.4 Å². The lowest BCUT2D eigenvalue weighted by Gasteiger charge is -2.37. The van der Waals surface area contributed by atoms with Crippen LogP contribution in [-0.2, 0) is 11.3 Å². The molecule has 3 rings (SSSR count). The number of nitrogens with one attached hydrogen (secondary N) is 1. The third-order valence-electron chi connectivity index (χ3n) is 5.56. The first kappa shape index (κ1) is 24.2. The summed E-state index contributed by atoms with van der Waals surface area (Å²) in [5.74, 6) is 3.36. The third-order valence-corrected chi connectivity index (χ3v) is 5.56. The maximum atomic E-state index is 6.11. The quantitative estimate of drug-likeness (QED) is 0.358. The molecule has 29 heavy (non-hydrogen) atoms. The maximum Gasteiger partial charge on any atom is 0.193 e. The van der Waals surface area contributed by atoms with Crippen LogP contribution in [0.1, 0.15) is 25.8 Å². The topological polar surface area (TPSA) is 49.3 Å². The fourth-order valence-corrected chi connectivity index (χ4v) is 4.24. The van der Waals surface area contributed by atoms with Gasteiger partial charge in [0.25, 0.3) is 0 Å². The Morgan fingerprint density at radius 3 is 2.55 bits per heavy atom. The number of rotatable bonds is 6. The molecule has 0 radical (unpaired) electrons. The molecule has 1 N–H and O–H groups in total. The highest BCUT2D eigenvalue weighted by Gasteiger charge is 2.24. The molecule has 2 aliphatic heterocycles. The minimum absolute atomic E-state index is 0. The SMILES string of the molecule is CN=C(NCc1ccccc1OCCN1CCOCC1)N1CC(C)CC(C)C1.I. The Labute approximate surface area is 193 Å². The van der Waals surface area contributed by atoms with Gasteiger partial charge in [-0.15, -0.1) is 24.0 Å². The van der Waals surface area contributed by atoms with Crippen LogP contribution in [0.15, 0.2) is 29.3 Å². The Balaban J connectivity index is 0.00000300. The van der Waals surface area contributed by atoms with Crippen LogP contribution in [-0.4, -0.2) is 75.4 Å². The zero-order chi connectivity index (χ0) is 19.8. The van der Waals surface area contributed by atoms with Gasteiger partial charge in [-0.1, -0.05) is 32.0 Å². The van der Waals surface area contributed by atoms with Crippen molar-refractivity contribution in [2.24, 2.45) is 16.8 Å². The predicted molar refractivity (Wildman–Crippen MR) is 129 cm³/mol. The number of piperidine rings is 1. The lowest BCUT2D eigenvalue weighted by Crippen LogP contribution is -2.48. The fourth-order valence-electron chi connectivity index (χ4n) is 4.24. The second-order valence-electron chi connectivity index (χ2n) is 8.16. The van der Waals surface area contributed by atoms with E-state index in [1.807, 2.05) is 13.1 Å². The van der Waals surface area contributed by atoms with Gasteiger partial charge in [-0.25, -0.2) is 0 Å². The number of nitrogens with zero attached hydrogens (tertiary/aromatic N) is 3. The average molecular weight is 516 g/mol. The molecule has 7 heteroatoms. The Hall–Kier alpha value is -1.06. The number of halogens is 1. The van der Waals surface area contributed by atoms with Gasteiger partial charge in [-0.2, -0.15) is 0 Å². The minimum Gasteiger partial charge on any atom is -0.492 e. The van der Waals surface area contributed by atoms with Gasteiger partial charge in [0.2, 0.25) is 0 Å². The Morgan fingerprint density at radius 2 is 1.86 bits per heavy atom. The first-order chi connectivity index (χ1) is 13.7. The lowest BCUT2D eigenvalue weighted by atomic mass is 9.92. The maximum absolute atomic E-state index is 6.11. The highest BCUT2D eigenvalue weighted by molar-refractivity contribution is 14.0. The highest BCUT2D eigenvalue weighted by Crippen LogP contribution is 2.22. The summed E-state index contributed by atoms with van der Waals surface area (Å²) in [5.41, 5.74) is 1.17. The van der Waals surface area contributed by atoms with Crippen molar-refractivity contribution in [2.45, 2.75) is 26.8 Å². The largest absolute Gasteiger partial charge is 0.492 e. The molecule has 2 saturated heterocycles. The van der Waals surface area contributed by atoms with E-state index in [1.54, 1.807) is 0 Å². The van der Waals surface area contributed by atoms with E-state index >= 15 is 0 Å². The number of benzene rings is 1. The van der Waals surface area contributed by atoms with Gasteiger partial charge in [-0.05, 0) is 24.3 Å². The van der Waals surface area contributed by atoms with E-state index < -0.39 is 0 Å². The van der Waals surface area contributed by atoms with E-state index in [-0.39, 0.29) is 24.0 Å². The molecule has 0 aromatic heterocycles. The van der Waals surface area contributed by atoms with Crippen molar-refractivity contribution in [1.82, 2.24) is 15.1 Å². The molecular formula is C22H37IN4O2. The van der Waals surface area contributed by atoms with E-state index in [1.165, 1.54) is 12.0 Å². The second kappa shape index (κ2) is 12.6. The van der Waals surface area contributed by atoms with Gasteiger partial charge in [-0.3, -0.25) is 9.89 Å². The van der Waals surface area contributed by atoms with E-state index in [9.17, 15) is 0 Å². The summed E-state index contributed by atoms with van der Waals surface area (Å²) in [6.07, 6.45) is 1.30. The summed E-state index contributed by atoms with van der Waals surface area (Å²) in [5, 5.41) is 3.55. The number of para-hydroxylation sites is 1. The molecule has 6 nitrogen and oxygen atoms in total. The van der Waals surface area contributed by atoms with Crippen molar-refractivity contribution in [3.05, 3.63) is 29.8 Å². The molecule has 0 amide bonds. The Kier molecular flexibility index (Phi) is 10.5. The van der Waals surface area contributed by atoms with Crippen LogP contribution in [0.4, 0.5) is 0 Å². The minimum atomic E-state index is 0. The molecule has 2 fully saturated rings. The van der Waals surface area contributed by atoms with Crippen LogP contribution < -0.4 is 10.1 Å². The fraction of sp³-hybridized carbons (Fsp3) is 0.682. The number of hydrogen-bond donors (Lipinski definition) is 1. The smallest absolute Gasteiger partial charge is 0.193 e. The first-order valence-electron chi connectivity index (χ1n) is 10.6. The standard InChI is InChI=1S/C22H36N4O2.HI/c1-18-14-19(2)17-26(16-18)22(23-3)24-15-20-6-4-5-7-21(20)28-13-10-25-8-11-27-12-9-25;/h4-7,18-19H,8-17H2,1-3H3,(H,23,24);1H. The molecule has 0 saturated carbocycles. The van der Waals surface area contributed by atoms with E-state index in [4.69, 9.17) is 9.47 Å². The van der Waals surface area contributed by atoms with Crippen LogP contribution in [0.5, 0.6) is 5.75 Å². The molecule has 1 aromatic rings. The molecule has 0 aliphatic carbocycles. The van der Waals surface area contributed by atoms with Gasteiger partial charge in [0, 0.05) is 51.9 Å². The molecule has 2 atom stereocenters. The van der Waals surface area contributed by atoms with Gasteiger partial charge in [0.15, 0.2) is 5.96 Å². The summed E-state index contributed by atoms with van der Waals surface area (Å²) in [7, 11) is 1.87. The summed E-state index contributed by atoms with van der Waals surface area (Å²) in [4.78, 5) is 9.30. The number of morpholine rings is 1. The molecule has 0 spiro atoms. The molecule has 2 heterocycles. The van der Waals surface area contributed by atoms with Crippen molar-refractivity contribution in [3.8, 4) is 5.75 Å². The van der Waals surface area contributed by atoms with Crippen molar-refractivity contribution >= 4 is 29.9 Å². The Morgan fingerprint density at radius 1 is 1.17 bits per heavy atom. The van der Waals surface area contributed by atoms with Gasteiger partial charge in [0.05, 0.1) is 13.2 Å². The Bertz CT molecular complexity index is 627. The first-order valence-corrected chi connectivity index (χ1v) is 10.6. The van der Waals surface area contributed by atoms with Crippen molar-refractivity contribution in [2.75, 3.05) is 59.6 Å². The van der Waals surface area contributed by atoms with Crippen molar-refractivity contribution in [3.63, 3.8) is 0 Å². The molecule has 1 aromatic carbocycles. The molecular weight excluding hydrogens is 479 g/mol. The van der Waals surface area contributed by atoms with Crippen LogP contribution in [0, 0.1) is 11.8 Å². The third kappa shape index (κ3) is 7.61. The second-order valence-corrected chi connectivity index (χ2v) is 8.16. The van der Waals surface area contributed by atoms with E-state index in [2.05, 4.69) is 52.2 Å². The lowest BCUT2D eigenvalue weighted by molar-refractivity contribution is 0.0322. The highest BCUT2D eigenvalue weighted by atomic mass is 127. The monoisotopic (exact) mass is 516 g/mol. The summed E-state index contributed by atoms with van der Waals surface area (Å²) in [6.45, 7) is 12.8. The van der Waals surface area contributed by atoms with Gasteiger partial charge < -0.3 is 19.7 Å². The zero-order valence-corrected chi connectivity index (χ0v) is 20.4. The zero-order valence-electron chi connectivity index (χ0n) is 18.1. The van der Waals surface area contributed by atoms with Crippen LogP contribution >= 0.6 is 24.0 Å². The normalized spacial score (nSPS) is 23.4. The summed E-state index contributed by atoms with van der Waals surface area (Å²) >= 11 is 0. The number of likely N-dealkylation sites (tertiary alicyclic amines) is 1. The number of aliphatic imine (C=N–C) groups is 1. The number of guanidine groups is 1. The number of hydrogen-bond acceptors (Lipinski definition) is 4. The van der Waals surface area contributed by atoms with Crippen LogP contribution in [0.2, 0.25) is 0 Å².